The number of ether oxygens (including phenoxy) is 2. The summed E-state index contributed by atoms with van der Waals surface area (Å²) in [5, 5.41) is 10.8. The number of halogens is 1. The van der Waals surface area contributed by atoms with Gasteiger partial charge in [-0.05, 0) is 42.5 Å². The van der Waals surface area contributed by atoms with E-state index in [9.17, 15) is 8.42 Å². The van der Waals surface area contributed by atoms with Gasteiger partial charge in [0.2, 0.25) is 10.0 Å². The third-order valence-electron chi connectivity index (χ3n) is 3.62. The van der Waals surface area contributed by atoms with Crippen molar-refractivity contribution in [1.29, 1.82) is 0 Å². The summed E-state index contributed by atoms with van der Waals surface area (Å²) < 4.78 is 33.1. The van der Waals surface area contributed by atoms with Gasteiger partial charge in [-0.2, -0.15) is 0 Å². The van der Waals surface area contributed by atoms with Crippen LogP contribution in [0.1, 0.15) is 0 Å². The second-order valence-corrected chi connectivity index (χ2v) is 7.72. The normalized spacial score (nSPS) is 10.8. The first-order valence-corrected chi connectivity index (χ1v) is 9.91. The molecule has 0 radical (unpaired) electrons. The maximum atomic E-state index is 11.3. The Labute approximate surface area is 172 Å². The van der Waals surface area contributed by atoms with Crippen molar-refractivity contribution in [2.24, 2.45) is 5.14 Å². The molecule has 0 bridgehead atoms. The summed E-state index contributed by atoms with van der Waals surface area (Å²) in [5.41, 5.74) is 2.40. The monoisotopic (exact) mass is 470 g/mol. The lowest BCUT2D eigenvalue weighted by Crippen LogP contribution is -3.00. The molecule has 0 saturated heterocycles. The van der Waals surface area contributed by atoms with Crippen LogP contribution in [0, 0.1) is 0 Å². The number of hydrogen-bond acceptors (Lipinski definition) is 7. The van der Waals surface area contributed by atoms with Crippen molar-refractivity contribution in [3.63, 3.8) is 0 Å². The number of anilines is 2. The van der Waals surface area contributed by atoms with Crippen LogP contribution in [0.2, 0.25) is 0 Å². The quantitative estimate of drug-likeness (QED) is 0.534. The van der Waals surface area contributed by atoms with E-state index in [-0.39, 0.29) is 21.9 Å². The topological polar surface area (TPSA) is 104 Å². The zero-order chi connectivity index (χ0) is 18.7. The summed E-state index contributed by atoms with van der Waals surface area (Å²) in [4.78, 5) is 4.61. The predicted molar refractivity (Wildman–Crippen MR) is 102 cm³/mol. The highest BCUT2D eigenvalue weighted by atomic mass is 79.9. The molecule has 0 fully saturated rings. The number of methoxy groups -OCH3 is 2. The second kappa shape index (κ2) is 8.70. The Balaban J connectivity index is 0.00000261. The molecule has 7 nitrogen and oxygen atoms in total. The minimum atomic E-state index is -3.70. The van der Waals surface area contributed by atoms with Gasteiger partial charge in [0.1, 0.15) is 0 Å². The summed E-state index contributed by atoms with van der Waals surface area (Å²) in [7, 11) is -0.529. The van der Waals surface area contributed by atoms with Crippen LogP contribution < -0.4 is 36.9 Å². The van der Waals surface area contributed by atoms with Crippen LogP contribution in [0.3, 0.4) is 0 Å². The van der Waals surface area contributed by atoms with Crippen LogP contribution in [-0.4, -0.2) is 27.6 Å². The van der Waals surface area contributed by atoms with Gasteiger partial charge in [0.05, 0.1) is 24.8 Å². The molecule has 0 saturated carbocycles. The van der Waals surface area contributed by atoms with Crippen molar-refractivity contribution in [3.8, 4) is 22.8 Å². The molecule has 1 aromatic heterocycles. The smallest absolute Gasteiger partial charge is 0.238 e. The standard InChI is InChI=1S/C17H17N3O4S2.BrH/c1-23-15-8-3-11(9-16(15)24-2)14-10-25-17(20-14)19-12-4-6-13(7-5-12)26(18,21)22;/h3-10H,1-2H3,(H,19,20)(H2,18,21,22);1H/p-1. The molecule has 10 heteroatoms. The number of primary sulfonamides is 1. The molecule has 3 aromatic rings. The predicted octanol–water partition coefficient (Wildman–Crippen LogP) is 0.222. The van der Waals surface area contributed by atoms with Gasteiger partial charge >= 0.3 is 0 Å². The zero-order valence-corrected chi connectivity index (χ0v) is 17.7. The van der Waals surface area contributed by atoms with E-state index in [1.54, 1.807) is 26.4 Å². The molecule has 3 rings (SSSR count). The Hall–Kier alpha value is -2.14. The Morgan fingerprint density at radius 3 is 2.30 bits per heavy atom. The fraction of sp³-hybridized carbons (Fsp3) is 0.118. The van der Waals surface area contributed by atoms with Crippen molar-refractivity contribution in [2.75, 3.05) is 19.5 Å². The largest absolute Gasteiger partial charge is 1.00 e. The molecule has 2 aromatic carbocycles. The molecule has 27 heavy (non-hydrogen) atoms. The molecule has 0 aliphatic rings. The van der Waals surface area contributed by atoms with Gasteiger partial charge in [0, 0.05) is 16.6 Å². The fourth-order valence-corrected chi connectivity index (χ4v) is 3.57. The van der Waals surface area contributed by atoms with Gasteiger partial charge in [-0.3, -0.25) is 0 Å². The van der Waals surface area contributed by atoms with E-state index < -0.39 is 10.0 Å². The maximum Gasteiger partial charge on any atom is 0.238 e. The molecule has 0 unspecified atom stereocenters. The molecule has 0 aliphatic carbocycles. The summed E-state index contributed by atoms with van der Waals surface area (Å²) in [5.74, 6) is 1.28. The number of rotatable bonds is 6. The number of benzene rings is 2. The maximum absolute atomic E-state index is 11.3. The molecule has 0 aliphatic heterocycles. The lowest BCUT2D eigenvalue weighted by Gasteiger charge is -2.08. The molecule has 3 N–H and O–H groups in total. The highest BCUT2D eigenvalue weighted by Gasteiger charge is 2.10. The highest BCUT2D eigenvalue weighted by molar-refractivity contribution is 7.89. The number of aromatic nitrogens is 1. The van der Waals surface area contributed by atoms with Gasteiger partial charge in [-0.1, -0.05) is 0 Å². The Bertz CT molecular complexity index is 1020. The van der Waals surface area contributed by atoms with Gasteiger partial charge < -0.3 is 31.8 Å². The van der Waals surface area contributed by atoms with E-state index in [0.717, 1.165) is 11.3 Å². The van der Waals surface area contributed by atoms with Crippen molar-refractivity contribution in [3.05, 3.63) is 47.8 Å². The Morgan fingerprint density at radius 2 is 1.70 bits per heavy atom. The van der Waals surface area contributed by atoms with Gasteiger partial charge in [-0.15, -0.1) is 11.3 Å². The van der Waals surface area contributed by atoms with E-state index >= 15 is 0 Å². The summed E-state index contributed by atoms with van der Waals surface area (Å²) in [6, 6.07) is 11.8. The number of nitrogens with two attached hydrogens (primary N) is 1. The number of thiazole rings is 1. The lowest BCUT2D eigenvalue weighted by molar-refractivity contribution is -0.00000834. The first-order chi connectivity index (χ1) is 12.4. The molecule has 144 valence electrons. The number of sulfonamides is 1. The van der Waals surface area contributed by atoms with E-state index in [1.807, 2.05) is 23.6 Å². The molecular weight excluding hydrogens is 454 g/mol. The van der Waals surface area contributed by atoms with Crippen molar-refractivity contribution < 1.29 is 34.9 Å². The molecular formula is C17H17BrN3O4S2-. The van der Waals surface area contributed by atoms with Gasteiger partial charge in [-0.25, -0.2) is 18.5 Å². The minimum Gasteiger partial charge on any atom is -1.00 e. The highest BCUT2D eigenvalue weighted by Crippen LogP contribution is 2.34. The second-order valence-electron chi connectivity index (χ2n) is 5.30. The van der Waals surface area contributed by atoms with Crippen LogP contribution in [0.15, 0.2) is 52.7 Å². The van der Waals surface area contributed by atoms with E-state index in [1.165, 1.54) is 23.5 Å². The van der Waals surface area contributed by atoms with Crippen LogP contribution in [-0.2, 0) is 10.0 Å². The van der Waals surface area contributed by atoms with Gasteiger partial charge in [0.15, 0.2) is 16.6 Å². The van der Waals surface area contributed by atoms with E-state index in [0.29, 0.717) is 22.3 Å². The number of nitrogens with zero attached hydrogens (tertiary/aromatic N) is 1. The number of hydrogen-bond donors (Lipinski definition) is 2. The van der Waals surface area contributed by atoms with Crippen LogP contribution >= 0.6 is 11.3 Å². The third kappa shape index (κ3) is 4.98. The van der Waals surface area contributed by atoms with Crippen molar-refractivity contribution in [2.45, 2.75) is 4.90 Å². The van der Waals surface area contributed by atoms with Crippen LogP contribution in [0.4, 0.5) is 10.8 Å². The SMILES string of the molecule is COc1ccc(-c2csc(Nc3ccc(S(N)(=O)=O)cc3)n2)cc1OC.[Br-]. The Morgan fingerprint density at radius 1 is 1.04 bits per heavy atom. The average Bonchev–Trinajstić information content (AvgIpc) is 3.09. The molecule has 0 spiro atoms. The average molecular weight is 471 g/mol. The Kier molecular flexibility index (Phi) is 6.82. The third-order valence-corrected chi connectivity index (χ3v) is 5.30. The molecule has 0 amide bonds. The number of nitrogens with one attached hydrogen (secondary N) is 1. The molecule has 1 heterocycles. The summed E-state index contributed by atoms with van der Waals surface area (Å²) in [6.07, 6.45) is 0. The fourth-order valence-electron chi connectivity index (χ4n) is 2.31. The first kappa shape index (κ1) is 21.2. The van der Waals surface area contributed by atoms with Crippen LogP contribution in [0.25, 0.3) is 11.3 Å². The zero-order valence-electron chi connectivity index (χ0n) is 14.5. The minimum absolute atomic E-state index is 0. The van der Waals surface area contributed by atoms with Crippen LogP contribution in [0.5, 0.6) is 11.5 Å². The van der Waals surface area contributed by atoms with Crippen molar-refractivity contribution in [1.82, 2.24) is 4.98 Å². The summed E-state index contributed by atoms with van der Waals surface area (Å²) >= 11 is 1.44. The first-order valence-electron chi connectivity index (χ1n) is 7.48. The van der Waals surface area contributed by atoms with E-state index in [4.69, 9.17) is 14.6 Å². The van der Waals surface area contributed by atoms with Crippen molar-refractivity contribution >= 4 is 32.2 Å². The summed E-state index contributed by atoms with van der Waals surface area (Å²) in [6.45, 7) is 0. The lowest BCUT2D eigenvalue weighted by atomic mass is 10.1. The van der Waals surface area contributed by atoms with Gasteiger partial charge in [0.25, 0.3) is 0 Å². The van der Waals surface area contributed by atoms with E-state index in [2.05, 4.69) is 10.3 Å². The molecule has 0 atom stereocenters.